The van der Waals surface area contributed by atoms with Crippen molar-refractivity contribution in [1.82, 2.24) is 9.38 Å². The number of esters is 1. The van der Waals surface area contributed by atoms with Crippen LogP contribution in [-0.2, 0) is 28.1 Å². The summed E-state index contributed by atoms with van der Waals surface area (Å²) in [5.74, 6) is 1.11. The maximum absolute atomic E-state index is 12.4. The number of methoxy groups -OCH3 is 1. The molecule has 5 nitrogen and oxygen atoms in total. The molecular weight excluding hydrogens is 320 g/mol. The first-order valence-corrected chi connectivity index (χ1v) is 9.34. The Morgan fingerprint density at radius 3 is 3.09 bits per heavy atom. The van der Waals surface area contributed by atoms with Crippen molar-refractivity contribution in [3.05, 3.63) is 32.7 Å². The van der Waals surface area contributed by atoms with Crippen LogP contribution in [0.5, 0.6) is 0 Å². The highest BCUT2D eigenvalue weighted by Gasteiger charge is 2.18. The number of aromatic nitrogens is 2. The minimum atomic E-state index is -0.207. The van der Waals surface area contributed by atoms with E-state index in [1.54, 1.807) is 33.6 Å². The van der Waals surface area contributed by atoms with E-state index in [0.717, 1.165) is 35.6 Å². The summed E-state index contributed by atoms with van der Waals surface area (Å²) in [4.78, 5) is 30.2. The molecule has 0 saturated carbocycles. The molecule has 0 fully saturated rings. The smallest absolute Gasteiger partial charge is 0.306 e. The molecule has 0 atom stereocenters. The van der Waals surface area contributed by atoms with Gasteiger partial charge in [0.2, 0.25) is 0 Å². The van der Waals surface area contributed by atoms with E-state index in [2.05, 4.69) is 9.72 Å². The molecule has 0 radical (unpaired) electrons. The van der Waals surface area contributed by atoms with Crippen molar-refractivity contribution in [2.45, 2.75) is 37.9 Å². The van der Waals surface area contributed by atoms with Gasteiger partial charge in [0.05, 0.1) is 19.2 Å². The fraction of sp³-hybridized carbons (Fsp3) is 0.533. The first kappa shape index (κ1) is 15.6. The summed E-state index contributed by atoms with van der Waals surface area (Å²) in [7, 11) is 1.39. The number of fused-ring (bicyclic) bond motifs is 3. The number of ether oxygens (including phenoxy) is 1. The zero-order chi connectivity index (χ0) is 15.5. The minimum absolute atomic E-state index is 0.0213. The Kier molecular flexibility index (Phi) is 4.83. The van der Waals surface area contributed by atoms with Gasteiger partial charge < -0.3 is 4.74 Å². The zero-order valence-corrected chi connectivity index (χ0v) is 14.1. The van der Waals surface area contributed by atoms with Gasteiger partial charge in [0, 0.05) is 28.1 Å². The Balaban J connectivity index is 1.75. The van der Waals surface area contributed by atoms with Crippen molar-refractivity contribution < 1.29 is 9.53 Å². The van der Waals surface area contributed by atoms with Gasteiger partial charge in [0.1, 0.15) is 0 Å². The second kappa shape index (κ2) is 6.83. The van der Waals surface area contributed by atoms with Gasteiger partial charge in [-0.05, 0) is 25.7 Å². The number of thioether (sulfide) groups is 1. The monoisotopic (exact) mass is 338 g/mol. The number of nitrogens with zero attached hydrogens (tertiary/aromatic N) is 2. The summed E-state index contributed by atoms with van der Waals surface area (Å²) in [5, 5.41) is 0. The van der Waals surface area contributed by atoms with Crippen LogP contribution in [0.15, 0.2) is 10.9 Å². The standard InChI is InChI=1S/C15H18N2O3S2/c1-20-14(19)6-7-21-9-10-8-13(18)17-11-4-2-3-5-12(11)22-15(17)16-10/h8H,2-7,9H2,1H3. The first-order chi connectivity index (χ1) is 10.7. The average molecular weight is 338 g/mol. The summed E-state index contributed by atoms with van der Waals surface area (Å²) in [6, 6.07) is 1.62. The van der Waals surface area contributed by atoms with Gasteiger partial charge in [-0.25, -0.2) is 4.98 Å². The third-order valence-electron chi connectivity index (χ3n) is 3.74. The van der Waals surface area contributed by atoms with Crippen LogP contribution in [0.2, 0.25) is 0 Å². The fourth-order valence-corrected chi connectivity index (χ4v) is 4.69. The van der Waals surface area contributed by atoms with Crippen molar-refractivity contribution in [2.24, 2.45) is 0 Å². The molecule has 0 amide bonds. The molecule has 2 aromatic heterocycles. The van der Waals surface area contributed by atoms with Crippen LogP contribution in [0, 0.1) is 0 Å². The predicted octanol–water partition coefficient (Wildman–Crippen LogP) is 2.43. The van der Waals surface area contributed by atoms with Gasteiger partial charge in [-0.3, -0.25) is 14.0 Å². The maximum Gasteiger partial charge on any atom is 0.306 e. The molecule has 22 heavy (non-hydrogen) atoms. The molecule has 7 heteroatoms. The van der Waals surface area contributed by atoms with Gasteiger partial charge in [-0.15, -0.1) is 11.3 Å². The number of hydrogen-bond donors (Lipinski definition) is 0. The van der Waals surface area contributed by atoms with Crippen molar-refractivity contribution >= 4 is 34.0 Å². The van der Waals surface area contributed by atoms with E-state index < -0.39 is 0 Å². The van der Waals surface area contributed by atoms with Gasteiger partial charge in [-0.2, -0.15) is 11.8 Å². The van der Waals surface area contributed by atoms with Crippen molar-refractivity contribution in [2.75, 3.05) is 12.9 Å². The van der Waals surface area contributed by atoms with E-state index in [9.17, 15) is 9.59 Å². The van der Waals surface area contributed by atoms with Gasteiger partial charge in [0.15, 0.2) is 4.96 Å². The average Bonchev–Trinajstić information content (AvgIpc) is 2.90. The summed E-state index contributed by atoms with van der Waals surface area (Å²) in [6.07, 6.45) is 4.77. The molecule has 0 N–H and O–H groups in total. The quantitative estimate of drug-likeness (QED) is 0.619. The second-order valence-electron chi connectivity index (χ2n) is 5.26. The normalized spacial score (nSPS) is 14.0. The van der Waals surface area contributed by atoms with Crippen molar-refractivity contribution in [3.63, 3.8) is 0 Å². The Morgan fingerprint density at radius 2 is 2.27 bits per heavy atom. The van der Waals surface area contributed by atoms with Crippen LogP contribution in [0.3, 0.4) is 0 Å². The Hall–Kier alpha value is -1.34. The van der Waals surface area contributed by atoms with E-state index >= 15 is 0 Å². The molecular formula is C15H18N2O3S2. The molecule has 1 aliphatic rings. The lowest BCUT2D eigenvalue weighted by Crippen LogP contribution is -2.17. The van der Waals surface area contributed by atoms with E-state index in [1.165, 1.54) is 18.4 Å². The molecule has 0 aromatic carbocycles. The number of hydrogen-bond acceptors (Lipinski definition) is 6. The fourth-order valence-electron chi connectivity index (χ4n) is 2.65. The Morgan fingerprint density at radius 1 is 1.45 bits per heavy atom. The lowest BCUT2D eigenvalue weighted by atomic mass is 10.0. The summed E-state index contributed by atoms with van der Waals surface area (Å²) >= 11 is 3.24. The molecule has 118 valence electrons. The van der Waals surface area contributed by atoms with Crippen LogP contribution in [0.1, 0.15) is 35.5 Å². The molecule has 1 aliphatic carbocycles. The lowest BCUT2D eigenvalue weighted by Gasteiger charge is -2.10. The van der Waals surface area contributed by atoms with Gasteiger partial charge >= 0.3 is 5.97 Å². The van der Waals surface area contributed by atoms with Crippen LogP contribution in [-0.4, -0.2) is 28.2 Å². The molecule has 2 aromatic rings. The highest BCUT2D eigenvalue weighted by atomic mass is 32.2. The molecule has 0 spiro atoms. The highest BCUT2D eigenvalue weighted by molar-refractivity contribution is 7.98. The van der Waals surface area contributed by atoms with Crippen LogP contribution in [0.4, 0.5) is 0 Å². The zero-order valence-electron chi connectivity index (χ0n) is 12.5. The largest absolute Gasteiger partial charge is 0.469 e. The summed E-state index contributed by atoms with van der Waals surface area (Å²) < 4.78 is 6.39. The molecule has 0 bridgehead atoms. The minimum Gasteiger partial charge on any atom is -0.469 e. The Labute approximate surface area is 136 Å². The van der Waals surface area contributed by atoms with Crippen LogP contribution >= 0.6 is 23.1 Å². The summed E-state index contributed by atoms with van der Waals surface area (Å²) in [6.45, 7) is 0. The third kappa shape index (κ3) is 3.20. The molecule has 2 heterocycles. The van der Waals surface area contributed by atoms with Gasteiger partial charge in [0.25, 0.3) is 5.56 Å². The van der Waals surface area contributed by atoms with Crippen molar-refractivity contribution in [1.29, 1.82) is 0 Å². The van der Waals surface area contributed by atoms with Crippen molar-refractivity contribution in [3.8, 4) is 0 Å². The second-order valence-corrected chi connectivity index (χ2v) is 7.43. The summed E-state index contributed by atoms with van der Waals surface area (Å²) in [5.41, 5.74) is 1.97. The van der Waals surface area contributed by atoms with Crippen LogP contribution in [0.25, 0.3) is 4.96 Å². The van der Waals surface area contributed by atoms with E-state index in [1.807, 2.05) is 0 Å². The molecule has 0 unspecified atom stereocenters. The SMILES string of the molecule is COC(=O)CCSCc1cc(=O)n2c3c(sc2n1)CCCC3. The molecule has 0 saturated heterocycles. The number of rotatable bonds is 5. The Bertz CT molecular complexity index is 751. The highest BCUT2D eigenvalue weighted by Crippen LogP contribution is 2.28. The first-order valence-electron chi connectivity index (χ1n) is 7.37. The third-order valence-corrected chi connectivity index (χ3v) is 5.88. The van der Waals surface area contributed by atoms with Crippen LogP contribution < -0.4 is 5.56 Å². The van der Waals surface area contributed by atoms with Gasteiger partial charge in [-0.1, -0.05) is 0 Å². The molecule has 0 aliphatic heterocycles. The number of carbonyl (C=O) groups is 1. The van der Waals surface area contributed by atoms with E-state index in [-0.39, 0.29) is 11.5 Å². The van der Waals surface area contributed by atoms with E-state index in [4.69, 9.17) is 0 Å². The van der Waals surface area contributed by atoms with E-state index in [0.29, 0.717) is 17.9 Å². The maximum atomic E-state index is 12.4. The number of aryl methyl sites for hydroxylation is 2. The topological polar surface area (TPSA) is 60.7 Å². The number of thiazole rings is 1. The molecule has 3 rings (SSSR count). The number of carbonyl (C=O) groups excluding carboxylic acids is 1. The predicted molar refractivity (Wildman–Crippen MR) is 88.8 cm³/mol. The lowest BCUT2D eigenvalue weighted by molar-refractivity contribution is -0.140.